The second-order valence-electron chi connectivity index (χ2n) is 7.79. The first-order valence-corrected chi connectivity index (χ1v) is 9.80. The largest absolute Gasteiger partial charge is 0.461 e. The number of halogens is 1. The van der Waals surface area contributed by atoms with Gasteiger partial charge in [-0.05, 0) is 51.8 Å². The van der Waals surface area contributed by atoms with E-state index in [1.165, 1.54) is 6.92 Å². The quantitative estimate of drug-likeness (QED) is 0.481. The lowest BCUT2D eigenvalue weighted by Gasteiger charge is -2.26. The second kappa shape index (κ2) is 7.57. The summed E-state index contributed by atoms with van der Waals surface area (Å²) in [6.07, 6.45) is -2.05. The van der Waals surface area contributed by atoms with Gasteiger partial charge in [-0.3, -0.25) is 9.59 Å². The van der Waals surface area contributed by atoms with Crippen LogP contribution in [0.15, 0.2) is 28.7 Å². The Bertz CT molecular complexity index is 788. The Balaban J connectivity index is 1.67. The number of carbonyl (C=O) groups is 3. The van der Waals surface area contributed by atoms with Crippen LogP contribution in [-0.2, 0) is 39.8 Å². The fraction of sp³-hybridized carbons (Fsp3) is 0.550. The lowest BCUT2D eigenvalue weighted by atomic mass is 9.80. The van der Waals surface area contributed by atoms with E-state index in [0.29, 0.717) is 0 Å². The van der Waals surface area contributed by atoms with Crippen molar-refractivity contribution in [2.75, 3.05) is 6.61 Å². The van der Waals surface area contributed by atoms with Crippen molar-refractivity contribution in [3.8, 4) is 0 Å². The number of hydrogen-bond donors (Lipinski definition) is 0. The van der Waals surface area contributed by atoms with Gasteiger partial charge in [0, 0.05) is 4.47 Å². The van der Waals surface area contributed by atoms with E-state index >= 15 is 0 Å². The molecule has 0 aliphatic carbocycles. The van der Waals surface area contributed by atoms with Crippen LogP contribution in [0.3, 0.4) is 0 Å². The van der Waals surface area contributed by atoms with Gasteiger partial charge in [-0.2, -0.15) is 0 Å². The van der Waals surface area contributed by atoms with Crippen LogP contribution in [0.4, 0.5) is 0 Å². The van der Waals surface area contributed by atoms with E-state index in [4.69, 9.17) is 18.9 Å². The van der Waals surface area contributed by atoms with Gasteiger partial charge in [0.05, 0.1) is 0 Å². The van der Waals surface area contributed by atoms with Crippen LogP contribution in [0.25, 0.3) is 0 Å². The van der Waals surface area contributed by atoms with Gasteiger partial charge in [0.25, 0.3) is 0 Å². The van der Waals surface area contributed by atoms with Gasteiger partial charge in [-0.25, -0.2) is 4.79 Å². The molecule has 0 spiro atoms. The predicted octanol–water partition coefficient (Wildman–Crippen LogP) is 2.58. The highest BCUT2D eigenvalue weighted by atomic mass is 79.9. The number of carbonyl (C=O) groups excluding carboxylic acids is 3. The van der Waals surface area contributed by atoms with Crippen molar-refractivity contribution in [2.45, 2.75) is 58.2 Å². The molecule has 0 saturated carbocycles. The molecular formula is C20H23BrO7. The molecule has 1 aromatic rings. The molecule has 2 aliphatic rings. The van der Waals surface area contributed by atoms with Gasteiger partial charge in [-0.1, -0.05) is 28.1 Å². The van der Waals surface area contributed by atoms with Crippen LogP contribution in [-0.4, -0.2) is 48.4 Å². The summed E-state index contributed by atoms with van der Waals surface area (Å²) in [6.45, 7) is 6.12. The van der Waals surface area contributed by atoms with Crippen molar-refractivity contribution in [3.05, 3.63) is 34.3 Å². The Morgan fingerprint density at radius 3 is 2.46 bits per heavy atom. The summed E-state index contributed by atoms with van der Waals surface area (Å²) in [5.74, 6) is -2.42. The number of cyclic esters (lactones) is 1. The molecule has 0 aromatic heterocycles. The third kappa shape index (κ3) is 4.14. The van der Waals surface area contributed by atoms with E-state index < -0.39 is 41.5 Å². The maximum atomic E-state index is 12.8. The molecule has 0 radical (unpaired) electrons. The molecule has 2 saturated heterocycles. The maximum absolute atomic E-state index is 12.8. The molecule has 0 bridgehead atoms. The molecule has 28 heavy (non-hydrogen) atoms. The van der Waals surface area contributed by atoms with E-state index in [0.717, 1.165) is 10.0 Å². The van der Waals surface area contributed by atoms with Gasteiger partial charge >= 0.3 is 11.9 Å². The van der Waals surface area contributed by atoms with Crippen molar-refractivity contribution < 1.29 is 33.3 Å². The molecule has 7 nitrogen and oxygen atoms in total. The van der Waals surface area contributed by atoms with Crippen molar-refractivity contribution in [2.24, 2.45) is 5.41 Å². The van der Waals surface area contributed by atoms with Crippen molar-refractivity contribution in [1.29, 1.82) is 0 Å². The van der Waals surface area contributed by atoms with Crippen molar-refractivity contribution in [1.82, 2.24) is 0 Å². The average molecular weight is 455 g/mol. The first-order valence-electron chi connectivity index (χ1n) is 9.01. The maximum Gasteiger partial charge on any atom is 0.338 e. The number of benzene rings is 1. The Labute approximate surface area is 171 Å². The van der Waals surface area contributed by atoms with Gasteiger partial charge in [-0.15, -0.1) is 0 Å². The monoisotopic (exact) mass is 454 g/mol. The normalized spacial score (nSPS) is 27.6. The zero-order valence-electron chi connectivity index (χ0n) is 16.2. The fourth-order valence-electron chi connectivity index (χ4n) is 3.32. The van der Waals surface area contributed by atoms with Gasteiger partial charge in [0.2, 0.25) is 0 Å². The number of hydrogen-bond acceptors (Lipinski definition) is 7. The molecule has 2 aliphatic heterocycles. The summed E-state index contributed by atoms with van der Waals surface area (Å²) >= 11 is 3.36. The lowest BCUT2D eigenvalue weighted by Crippen LogP contribution is -2.41. The van der Waals surface area contributed by atoms with E-state index in [9.17, 15) is 14.4 Å². The predicted molar refractivity (Wildman–Crippen MR) is 101 cm³/mol. The highest BCUT2D eigenvalue weighted by Crippen LogP contribution is 2.36. The molecule has 0 N–H and O–H groups in total. The van der Waals surface area contributed by atoms with Gasteiger partial charge in [0.1, 0.15) is 23.9 Å². The Morgan fingerprint density at radius 2 is 1.86 bits per heavy atom. The molecule has 1 aromatic carbocycles. The number of Topliss-reactive ketones (excluding diaryl/α,β-unsaturated/α-hetero) is 1. The fourth-order valence-corrected chi connectivity index (χ4v) is 3.59. The molecule has 152 valence electrons. The third-order valence-corrected chi connectivity index (χ3v) is 5.60. The molecule has 0 amide bonds. The number of ketones is 1. The zero-order chi connectivity index (χ0) is 20.7. The molecule has 3 rings (SSSR count). The molecule has 8 heteroatoms. The Morgan fingerprint density at radius 1 is 1.21 bits per heavy atom. The van der Waals surface area contributed by atoms with Gasteiger partial charge < -0.3 is 18.9 Å². The summed E-state index contributed by atoms with van der Waals surface area (Å²) in [4.78, 5) is 37.0. The molecule has 0 unspecified atom stereocenters. The summed E-state index contributed by atoms with van der Waals surface area (Å²) < 4.78 is 22.7. The van der Waals surface area contributed by atoms with Crippen molar-refractivity contribution >= 4 is 33.7 Å². The first-order chi connectivity index (χ1) is 13.0. The number of ether oxygens (including phenoxy) is 4. The smallest absolute Gasteiger partial charge is 0.338 e. The highest BCUT2D eigenvalue weighted by molar-refractivity contribution is 9.10. The summed E-state index contributed by atoms with van der Waals surface area (Å²) in [6, 6.07) is 7.37. The van der Waals surface area contributed by atoms with E-state index in [1.807, 2.05) is 24.3 Å². The Kier molecular flexibility index (Phi) is 5.67. The summed E-state index contributed by atoms with van der Waals surface area (Å²) in [5, 5.41) is 0. The minimum absolute atomic E-state index is 0.200. The molecule has 2 heterocycles. The standard InChI is InChI=1S/C20H23BrO7/c1-11(22)20(4,9-12-5-7-13(21)8-6-12)18(24)25-10-14-15-16(17(23)26-14)28-19(2,3)27-15/h5-8,14-16H,9-10H2,1-4H3/t14-,15-,16-,20+/m1/s1. The van der Waals surface area contributed by atoms with Crippen LogP contribution in [0, 0.1) is 5.41 Å². The summed E-state index contributed by atoms with van der Waals surface area (Å²) in [5.41, 5.74) is -0.512. The highest BCUT2D eigenvalue weighted by Gasteiger charge is 2.56. The van der Waals surface area contributed by atoms with Crippen LogP contribution in [0.5, 0.6) is 0 Å². The molecule has 4 atom stereocenters. The lowest BCUT2D eigenvalue weighted by molar-refractivity contribution is -0.192. The van der Waals surface area contributed by atoms with E-state index in [2.05, 4.69) is 15.9 Å². The minimum Gasteiger partial charge on any atom is -0.461 e. The van der Waals surface area contributed by atoms with Crippen LogP contribution in [0.1, 0.15) is 33.3 Å². The van der Waals surface area contributed by atoms with Crippen LogP contribution in [0.2, 0.25) is 0 Å². The van der Waals surface area contributed by atoms with Gasteiger partial charge in [0.15, 0.2) is 18.0 Å². The van der Waals surface area contributed by atoms with Crippen molar-refractivity contribution in [3.63, 3.8) is 0 Å². The third-order valence-electron chi connectivity index (χ3n) is 5.07. The SMILES string of the molecule is CC(=O)[C@](C)(Cc1ccc(Br)cc1)C(=O)OC[C@H]1OC(=O)[C@@H]2OC(C)(C)O[C@H]12. The van der Waals surface area contributed by atoms with Crippen LogP contribution >= 0.6 is 15.9 Å². The molecule has 2 fully saturated rings. The average Bonchev–Trinajstić information content (AvgIpc) is 3.08. The minimum atomic E-state index is -1.35. The number of fused-ring (bicyclic) bond motifs is 1. The molecular weight excluding hydrogens is 432 g/mol. The number of rotatable bonds is 6. The first kappa shape index (κ1) is 21.0. The zero-order valence-corrected chi connectivity index (χ0v) is 17.8. The van der Waals surface area contributed by atoms with E-state index in [1.54, 1.807) is 20.8 Å². The van der Waals surface area contributed by atoms with Crippen LogP contribution < -0.4 is 0 Å². The Hall–Kier alpha value is -1.77. The topological polar surface area (TPSA) is 88.1 Å². The number of esters is 2. The van der Waals surface area contributed by atoms with E-state index in [-0.39, 0.29) is 18.8 Å². The second-order valence-corrected chi connectivity index (χ2v) is 8.70. The summed E-state index contributed by atoms with van der Waals surface area (Å²) in [7, 11) is 0.